The summed E-state index contributed by atoms with van der Waals surface area (Å²) in [6.07, 6.45) is 0. The standard InChI is InChI=1S/C28H22N2/c1-19-12-17-25-26(18-19)30-27(29-25)23-10-6-7-11-24(23)28(30,2)22-15-13-21(14-16-22)20-8-4-3-5-9-20/h3-18H,1-2H3. The second-order valence-electron chi connectivity index (χ2n) is 8.32. The normalized spacial score (nSPS) is 17.1. The van der Waals surface area contributed by atoms with Crippen LogP contribution in [0.15, 0.2) is 97.1 Å². The Morgan fingerprint density at radius 2 is 1.43 bits per heavy atom. The molecule has 0 amide bonds. The van der Waals surface area contributed by atoms with Gasteiger partial charge in [0.25, 0.3) is 0 Å². The van der Waals surface area contributed by atoms with Crippen LogP contribution < -0.4 is 0 Å². The summed E-state index contributed by atoms with van der Waals surface area (Å²) in [6.45, 7) is 4.47. The molecule has 1 aliphatic rings. The number of fused-ring (bicyclic) bond motifs is 5. The third kappa shape index (κ3) is 2.28. The molecule has 0 radical (unpaired) electrons. The zero-order valence-corrected chi connectivity index (χ0v) is 17.1. The molecular formula is C28H22N2. The molecule has 0 spiro atoms. The van der Waals surface area contributed by atoms with Crippen molar-refractivity contribution in [3.63, 3.8) is 0 Å². The van der Waals surface area contributed by atoms with Crippen molar-refractivity contribution < 1.29 is 0 Å². The molecule has 2 heterocycles. The topological polar surface area (TPSA) is 17.8 Å². The van der Waals surface area contributed by atoms with E-state index < -0.39 is 0 Å². The molecule has 1 atom stereocenters. The van der Waals surface area contributed by atoms with Gasteiger partial charge in [0.2, 0.25) is 0 Å². The molecule has 5 aromatic rings. The average molecular weight is 386 g/mol. The second-order valence-corrected chi connectivity index (χ2v) is 8.32. The van der Waals surface area contributed by atoms with Gasteiger partial charge in [0, 0.05) is 5.56 Å². The van der Waals surface area contributed by atoms with E-state index in [1.807, 2.05) is 0 Å². The van der Waals surface area contributed by atoms with Gasteiger partial charge in [0.1, 0.15) is 5.82 Å². The third-order valence-electron chi connectivity index (χ3n) is 6.50. The fraction of sp³-hybridized carbons (Fsp3) is 0.107. The van der Waals surface area contributed by atoms with Crippen molar-refractivity contribution in [2.75, 3.05) is 0 Å². The zero-order valence-electron chi connectivity index (χ0n) is 17.1. The lowest BCUT2D eigenvalue weighted by Crippen LogP contribution is -2.29. The maximum atomic E-state index is 5.02. The van der Waals surface area contributed by atoms with Gasteiger partial charge in [-0.05, 0) is 53.8 Å². The summed E-state index contributed by atoms with van der Waals surface area (Å²) in [6, 6.07) is 34.8. The van der Waals surface area contributed by atoms with Crippen LogP contribution in [-0.2, 0) is 5.54 Å². The van der Waals surface area contributed by atoms with Crippen LogP contribution in [-0.4, -0.2) is 9.55 Å². The third-order valence-corrected chi connectivity index (χ3v) is 6.50. The maximum Gasteiger partial charge on any atom is 0.142 e. The summed E-state index contributed by atoms with van der Waals surface area (Å²) in [4.78, 5) is 5.02. The van der Waals surface area contributed by atoms with E-state index in [1.165, 1.54) is 38.9 Å². The molecule has 2 nitrogen and oxygen atoms in total. The van der Waals surface area contributed by atoms with Crippen molar-refractivity contribution in [3.8, 4) is 22.5 Å². The van der Waals surface area contributed by atoms with Gasteiger partial charge < -0.3 is 4.57 Å². The predicted octanol–water partition coefficient (Wildman–Crippen LogP) is 6.80. The van der Waals surface area contributed by atoms with E-state index in [0.717, 1.165) is 11.3 Å². The first-order valence-corrected chi connectivity index (χ1v) is 10.4. The quantitative estimate of drug-likeness (QED) is 0.326. The van der Waals surface area contributed by atoms with Gasteiger partial charge in [-0.1, -0.05) is 84.9 Å². The Morgan fingerprint density at radius 1 is 0.733 bits per heavy atom. The Hall–Kier alpha value is -3.65. The lowest BCUT2D eigenvalue weighted by Gasteiger charge is -2.30. The van der Waals surface area contributed by atoms with Crippen molar-refractivity contribution in [1.29, 1.82) is 0 Å². The van der Waals surface area contributed by atoms with E-state index >= 15 is 0 Å². The minimum absolute atomic E-state index is 0.302. The molecule has 4 aromatic carbocycles. The van der Waals surface area contributed by atoms with Crippen LogP contribution in [0.3, 0.4) is 0 Å². The zero-order chi connectivity index (χ0) is 20.3. The molecule has 0 saturated heterocycles. The lowest BCUT2D eigenvalue weighted by atomic mass is 9.83. The SMILES string of the molecule is Cc1ccc2nc3n(c2c1)C(C)(c1ccc(-c2ccccc2)cc1)c1ccccc1-3. The highest BCUT2D eigenvalue weighted by Crippen LogP contribution is 2.49. The number of aromatic nitrogens is 2. The Balaban J connectivity index is 1.60. The Labute approximate surface area is 176 Å². The summed E-state index contributed by atoms with van der Waals surface area (Å²) in [7, 11) is 0. The molecular weight excluding hydrogens is 364 g/mol. The first-order valence-electron chi connectivity index (χ1n) is 10.4. The first kappa shape index (κ1) is 17.2. The van der Waals surface area contributed by atoms with Gasteiger partial charge in [-0.2, -0.15) is 0 Å². The molecule has 0 bridgehead atoms. The number of hydrogen-bond acceptors (Lipinski definition) is 1. The maximum absolute atomic E-state index is 5.02. The molecule has 144 valence electrons. The highest BCUT2D eigenvalue weighted by atomic mass is 15.2. The summed E-state index contributed by atoms with van der Waals surface area (Å²) >= 11 is 0. The van der Waals surface area contributed by atoms with Gasteiger partial charge in [-0.15, -0.1) is 0 Å². The van der Waals surface area contributed by atoms with Gasteiger partial charge in [-0.3, -0.25) is 0 Å². The van der Waals surface area contributed by atoms with Gasteiger partial charge in [0.15, 0.2) is 0 Å². The minimum Gasteiger partial charge on any atom is -0.310 e. The summed E-state index contributed by atoms with van der Waals surface area (Å²) < 4.78 is 2.43. The van der Waals surface area contributed by atoms with Crippen LogP contribution in [0, 0.1) is 6.92 Å². The molecule has 0 N–H and O–H groups in total. The number of nitrogens with zero attached hydrogens (tertiary/aromatic N) is 2. The number of hydrogen-bond donors (Lipinski definition) is 0. The van der Waals surface area contributed by atoms with E-state index in [4.69, 9.17) is 4.98 Å². The number of benzene rings is 4. The van der Waals surface area contributed by atoms with E-state index in [9.17, 15) is 0 Å². The molecule has 1 aliphatic heterocycles. The van der Waals surface area contributed by atoms with Crippen molar-refractivity contribution in [1.82, 2.24) is 9.55 Å². The molecule has 0 fully saturated rings. The summed E-state index contributed by atoms with van der Waals surface area (Å²) in [5.74, 6) is 1.06. The molecule has 30 heavy (non-hydrogen) atoms. The van der Waals surface area contributed by atoms with E-state index in [-0.39, 0.29) is 5.54 Å². The van der Waals surface area contributed by atoms with Crippen molar-refractivity contribution in [2.24, 2.45) is 0 Å². The fourth-order valence-electron chi connectivity index (χ4n) is 4.94. The van der Waals surface area contributed by atoms with Gasteiger partial charge >= 0.3 is 0 Å². The van der Waals surface area contributed by atoms with E-state index in [1.54, 1.807) is 0 Å². The molecule has 6 rings (SSSR count). The average Bonchev–Trinajstić information content (AvgIpc) is 3.29. The highest BCUT2D eigenvalue weighted by Gasteiger charge is 2.42. The molecule has 2 heteroatoms. The Morgan fingerprint density at radius 3 is 2.23 bits per heavy atom. The van der Waals surface area contributed by atoms with Gasteiger partial charge in [0.05, 0.1) is 16.6 Å². The molecule has 0 saturated carbocycles. The smallest absolute Gasteiger partial charge is 0.142 e. The number of imidazole rings is 1. The first-order chi connectivity index (χ1) is 14.7. The predicted molar refractivity (Wildman–Crippen MR) is 124 cm³/mol. The monoisotopic (exact) mass is 386 g/mol. The largest absolute Gasteiger partial charge is 0.310 e. The second kappa shape index (κ2) is 6.17. The van der Waals surface area contributed by atoms with Gasteiger partial charge in [-0.25, -0.2) is 4.98 Å². The van der Waals surface area contributed by atoms with Crippen LogP contribution in [0.5, 0.6) is 0 Å². The van der Waals surface area contributed by atoms with Crippen LogP contribution in [0.1, 0.15) is 23.6 Å². The van der Waals surface area contributed by atoms with Crippen molar-refractivity contribution >= 4 is 11.0 Å². The highest BCUT2D eigenvalue weighted by molar-refractivity contribution is 5.86. The molecule has 1 aromatic heterocycles. The molecule has 0 aliphatic carbocycles. The van der Waals surface area contributed by atoms with E-state index in [2.05, 4.69) is 115 Å². The van der Waals surface area contributed by atoms with Crippen LogP contribution in [0.4, 0.5) is 0 Å². The minimum atomic E-state index is -0.302. The van der Waals surface area contributed by atoms with Crippen LogP contribution >= 0.6 is 0 Å². The number of rotatable bonds is 2. The lowest BCUT2D eigenvalue weighted by molar-refractivity contribution is 0.517. The molecule has 1 unspecified atom stereocenters. The van der Waals surface area contributed by atoms with E-state index in [0.29, 0.717) is 0 Å². The number of aryl methyl sites for hydroxylation is 1. The van der Waals surface area contributed by atoms with Crippen LogP contribution in [0.2, 0.25) is 0 Å². The summed E-state index contributed by atoms with van der Waals surface area (Å²) in [5.41, 5.74) is 9.48. The Bertz CT molecular complexity index is 1390. The fourth-order valence-corrected chi connectivity index (χ4v) is 4.94. The van der Waals surface area contributed by atoms with Crippen molar-refractivity contribution in [2.45, 2.75) is 19.4 Å². The van der Waals surface area contributed by atoms with Crippen molar-refractivity contribution in [3.05, 3.63) is 114 Å². The summed E-state index contributed by atoms with van der Waals surface area (Å²) in [5, 5.41) is 0. The van der Waals surface area contributed by atoms with Crippen LogP contribution in [0.25, 0.3) is 33.5 Å². The Kier molecular flexibility index (Phi) is 3.54.